The second-order valence-corrected chi connectivity index (χ2v) is 5.44. The van der Waals surface area contributed by atoms with Gasteiger partial charge in [-0.3, -0.25) is 4.79 Å². The van der Waals surface area contributed by atoms with Gasteiger partial charge in [-0.05, 0) is 49.8 Å². The maximum atomic E-state index is 12.6. The number of benzene rings is 2. The number of anilines is 1. The maximum Gasteiger partial charge on any atom is 0.280 e. The fourth-order valence-corrected chi connectivity index (χ4v) is 2.34. The number of carbonyl (C=O) groups is 1. The first kappa shape index (κ1) is 14.8. The van der Waals surface area contributed by atoms with E-state index in [4.69, 9.17) is 0 Å². The summed E-state index contributed by atoms with van der Waals surface area (Å²) < 4.78 is 0. The fraction of sp³-hybridized carbons (Fsp3) is 0.111. The molecule has 0 saturated heterocycles. The van der Waals surface area contributed by atoms with Crippen molar-refractivity contribution in [2.45, 2.75) is 13.8 Å². The van der Waals surface area contributed by atoms with Crippen LogP contribution in [0.5, 0.6) is 11.5 Å². The Bertz CT molecular complexity index is 836. The van der Waals surface area contributed by atoms with Crippen LogP contribution in [0.4, 0.5) is 5.69 Å². The zero-order valence-electron chi connectivity index (χ0n) is 12.8. The van der Waals surface area contributed by atoms with E-state index >= 15 is 0 Å². The molecule has 1 aliphatic heterocycles. The van der Waals surface area contributed by atoms with Gasteiger partial charge < -0.3 is 10.2 Å². The number of aromatic hydroxyl groups is 2. The number of carbonyl (C=O) groups excluding carboxylic acids is 1. The van der Waals surface area contributed by atoms with Gasteiger partial charge in [0.25, 0.3) is 5.91 Å². The molecule has 0 bridgehead atoms. The van der Waals surface area contributed by atoms with Crippen molar-refractivity contribution in [3.05, 3.63) is 59.2 Å². The molecule has 116 valence electrons. The molecule has 2 aromatic rings. The van der Waals surface area contributed by atoms with Crippen LogP contribution in [0.15, 0.2) is 53.1 Å². The van der Waals surface area contributed by atoms with Gasteiger partial charge in [0, 0.05) is 0 Å². The molecule has 0 radical (unpaired) electrons. The van der Waals surface area contributed by atoms with E-state index in [1.54, 1.807) is 19.1 Å². The SMILES string of the molecule is CC1=NN(c2ccc(C)cc2)C(=O)C1=Cc1ccc(O)c(O)c1. The Kier molecular flexibility index (Phi) is 3.62. The summed E-state index contributed by atoms with van der Waals surface area (Å²) in [7, 11) is 0. The van der Waals surface area contributed by atoms with Crippen molar-refractivity contribution in [2.24, 2.45) is 5.10 Å². The summed E-state index contributed by atoms with van der Waals surface area (Å²) in [6, 6.07) is 11.9. The molecule has 0 unspecified atom stereocenters. The standard InChI is InChI=1S/C18H16N2O3/c1-11-3-6-14(7-4-11)20-18(23)15(12(2)19-20)9-13-5-8-16(21)17(22)10-13/h3-10,21-22H,1-2H3. The van der Waals surface area contributed by atoms with Crippen LogP contribution in [0.25, 0.3) is 6.08 Å². The summed E-state index contributed by atoms with van der Waals surface area (Å²) in [5.41, 5.74) is 3.48. The number of rotatable bonds is 2. The van der Waals surface area contributed by atoms with Crippen LogP contribution in [0.1, 0.15) is 18.1 Å². The zero-order valence-corrected chi connectivity index (χ0v) is 12.8. The lowest BCUT2D eigenvalue weighted by Crippen LogP contribution is -2.21. The highest BCUT2D eigenvalue weighted by molar-refractivity contribution is 6.32. The number of hydrazone groups is 1. The molecule has 3 rings (SSSR count). The molecule has 2 aromatic carbocycles. The van der Waals surface area contributed by atoms with E-state index in [1.807, 2.05) is 31.2 Å². The number of amides is 1. The molecule has 0 aliphatic carbocycles. The molecule has 0 aromatic heterocycles. The van der Waals surface area contributed by atoms with E-state index in [1.165, 1.54) is 17.1 Å². The molecular formula is C18H16N2O3. The highest BCUT2D eigenvalue weighted by Crippen LogP contribution is 2.28. The zero-order chi connectivity index (χ0) is 16.6. The average molecular weight is 308 g/mol. The van der Waals surface area contributed by atoms with Crippen LogP contribution in [-0.2, 0) is 4.79 Å². The Balaban J connectivity index is 1.94. The monoisotopic (exact) mass is 308 g/mol. The Morgan fingerprint density at radius 1 is 1.00 bits per heavy atom. The minimum absolute atomic E-state index is 0.198. The largest absolute Gasteiger partial charge is 0.504 e. The number of nitrogens with zero attached hydrogens (tertiary/aromatic N) is 2. The van der Waals surface area contributed by atoms with Crippen molar-refractivity contribution < 1.29 is 15.0 Å². The molecule has 2 N–H and O–H groups in total. The normalized spacial score (nSPS) is 16.1. The molecule has 1 amide bonds. The Hall–Kier alpha value is -3.08. The predicted octanol–water partition coefficient (Wildman–Crippen LogP) is 3.21. The van der Waals surface area contributed by atoms with E-state index in [9.17, 15) is 15.0 Å². The van der Waals surface area contributed by atoms with Gasteiger partial charge in [-0.2, -0.15) is 10.1 Å². The van der Waals surface area contributed by atoms with Crippen molar-refractivity contribution in [3.63, 3.8) is 0 Å². The van der Waals surface area contributed by atoms with Gasteiger partial charge in [0.05, 0.1) is 17.0 Å². The highest BCUT2D eigenvalue weighted by Gasteiger charge is 2.28. The van der Waals surface area contributed by atoms with Crippen molar-refractivity contribution in [2.75, 3.05) is 5.01 Å². The fourth-order valence-electron chi connectivity index (χ4n) is 2.34. The van der Waals surface area contributed by atoms with Crippen molar-refractivity contribution in [3.8, 4) is 11.5 Å². The molecule has 0 spiro atoms. The summed E-state index contributed by atoms with van der Waals surface area (Å²) in [6.07, 6.45) is 1.65. The van der Waals surface area contributed by atoms with Crippen LogP contribution in [-0.4, -0.2) is 21.8 Å². The van der Waals surface area contributed by atoms with Gasteiger partial charge in [0.2, 0.25) is 0 Å². The third-order valence-corrected chi connectivity index (χ3v) is 3.65. The van der Waals surface area contributed by atoms with Crippen molar-refractivity contribution in [1.82, 2.24) is 0 Å². The molecule has 5 heteroatoms. The lowest BCUT2D eigenvalue weighted by atomic mass is 10.1. The molecule has 0 fully saturated rings. The first-order valence-corrected chi connectivity index (χ1v) is 7.16. The summed E-state index contributed by atoms with van der Waals surface area (Å²) in [5.74, 6) is -0.648. The Labute approximate surface area is 133 Å². The van der Waals surface area contributed by atoms with Gasteiger partial charge in [-0.1, -0.05) is 23.8 Å². The topological polar surface area (TPSA) is 73.1 Å². The van der Waals surface area contributed by atoms with Crippen LogP contribution in [0, 0.1) is 6.92 Å². The van der Waals surface area contributed by atoms with E-state index in [0.717, 1.165) is 5.56 Å². The molecule has 0 saturated carbocycles. The van der Waals surface area contributed by atoms with E-state index < -0.39 is 0 Å². The second-order valence-electron chi connectivity index (χ2n) is 5.44. The van der Waals surface area contributed by atoms with Crippen LogP contribution >= 0.6 is 0 Å². The molecular weight excluding hydrogens is 292 g/mol. The van der Waals surface area contributed by atoms with E-state index in [-0.39, 0.29) is 17.4 Å². The molecule has 5 nitrogen and oxygen atoms in total. The Morgan fingerprint density at radius 3 is 2.35 bits per heavy atom. The van der Waals surface area contributed by atoms with Gasteiger partial charge in [-0.15, -0.1) is 0 Å². The van der Waals surface area contributed by atoms with Gasteiger partial charge >= 0.3 is 0 Å². The first-order valence-electron chi connectivity index (χ1n) is 7.16. The van der Waals surface area contributed by atoms with Crippen LogP contribution in [0.3, 0.4) is 0 Å². The summed E-state index contributed by atoms with van der Waals surface area (Å²) in [5, 5.41) is 24.6. The number of phenolic OH excluding ortho intramolecular Hbond substituents is 2. The maximum absolute atomic E-state index is 12.6. The average Bonchev–Trinajstić information content (AvgIpc) is 2.80. The number of hydrogen-bond acceptors (Lipinski definition) is 4. The predicted molar refractivity (Wildman–Crippen MR) is 89.5 cm³/mol. The molecule has 1 heterocycles. The van der Waals surface area contributed by atoms with Gasteiger partial charge in [0.15, 0.2) is 11.5 Å². The lowest BCUT2D eigenvalue weighted by molar-refractivity contribution is -0.114. The lowest BCUT2D eigenvalue weighted by Gasteiger charge is -2.11. The van der Waals surface area contributed by atoms with Crippen molar-refractivity contribution in [1.29, 1.82) is 0 Å². The first-order chi connectivity index (χ1) is 11.0. The minimum Gasteiger partial charge on any atom is -0.504 e. The third-order valence-electron chi connectivity index (χ3n) is 3.65. The molecule has 0 atom stereocenters. The third kappa shape index (κ3) is 2.81. The quantitative estimate of drug-likeness (QED) is 0.661. The summed E-state index contributed by atoms with van der Waals surface area (Å²) in [6.45, 7) is 3.74. The number of aryl methyl sites for hydroxylation is 1. The second kappa shape index (κ2) is 5.61. The molecule has 1 aliphatic rings. The number of hydrogen-bond donors (Lipinski definition) is 2. The highest BCUT2D eigenvalue weighted by atomic mass is 16.3. The minimum atomic E-state index is -0.227. The summed E-state index contributed by atoms with van der Waals surface area (Å²) >= 11 is 0. The summed E-state index contributed by atoms with van der Waals surface area (Å²) in [4.78, 5) is 12.6. The van der Waals surface area contributed by atoms with E-state index in [2.05, 4.69) is 5.10 Å². The van der Waals surface area contributed by atoms with Crippen LogP contribution in [0.2, 0.25) is 0 Å². The molecule has 23 heavy (non-hydrogen) atoms. The van der Waals surface area contributed by atoms with Gasteiger partial charge in [0.1, 0.15) is 0 Å². The number of phenols is 2. The smallest absolute Gasteiger partial charge is 0.280 e. The van der Waals surface area contributed by atoms with Crippen molar-refractivity contribution >= 4 is 23.4 Å². The van der Waals surface area contributed by atoms with Crippen LogP contribution < -0.4 is 5.01 Å². The van der Waals surface area contributed by atoms with E-state index in [0.29, 0.717) is 22.5 Å². The van der Waals surface area contributed by atoms with Gasteiger partial charge in [-0.25, -0.2) is 0 Å². The Morgan fingerprint density at radius 2 is 1.70 bits per heavy atom.